The van der Waals surface area contributed by atoms with E-state index in [4.69, 9.17) is 9.47 Å². The summed E-state index contributed by atoms with van der Waals surface area (Å²) < 4.78 is 11.2. The Bertz CT molecular complexity index is 489. The monoisotopic (exact) mass is 288 g/mol. The van der Waals surface area contributed by atoms with E-state index >= 15 is 0 Å². The van der Waals surface area contributed by atoms with Crippen molar-refractivity contribution < 1.29 is 14.3 Å². The van der Waals surface area contributed by atoms with Crippen LogP contribution in [0.15, 0.2) is 18.2 Å². The maximum absolute atomic E-state index is 12.0. The second kappa shape index (κ2) is 7.08. The van der Waals surface area contributed by atoms with Gasteiger partial charge in [0.2, 0.25) is 0 Å². The molecule has 3 heteroatoms. The maximum Gasteiger partial charge on any atom is 0.133 e. The Morgan fingerprint density at radius 1 is 1.19 bits per heavy atom. The number of rotatable bonds is 6. The minimum absolute atomic E-state index is 0.319. The van der Waals surface area contributed by atoms with E-state index in [1.54, 1.807) is 0 Å². The molecule has 1 saturated heterocycles. The number of carbonyl (C=O) groups is 1. The fraction of sp³-hybridized carbons (Fsp3) is 0.611. The number of hydrogen-bond acceptors (Lipinski definition) is 3. The van der Waals surface area contributed by atoms with E-state index in [1.165, 1.54) is 24.0 Å². The molecule has 21 heavy (non-hydrogen) atoms. The molecule has 1 fully saturated rings. The van der Waals surface area contributed by atoms with Crippen molar-refractivity contribution in [1.29, 1.82) is 0 Å². The minimum Gasteiger partial charge on any atom is -0.493 e. The van der Waals surface area contributed by atoms with Crippen LogP contribution in [0.4, 0.5) is 0 Å². The fourth-order valence-electron chi connectivity index (χ4n) is 3.16. The number of Topliss-reactive ketones (excluding diaryl/α,β-unsaturated/α-hetero) is 1. The smallest absolute Gasteiger partial charge is 0.133 e. The molecule has 1 aromatic rings. The molecule has 2 heterocycles. The third kappa shape index (κ3) is 4.07. The van der Waals surface area contributed by atoms with Crippen molar-refractivity contribution >= 4 is 5.78 Å². The summed E-state index contributed by atoms with van der Waals surface area (Å²) >= 11 is 0. The van der Waals surface area contributed by atoms with E-state index in [1.807, 2.05) is 6.07 Å². The van der Waals surface area contributed by atoms with Gasteiger partial charge >= 0.3 is 0 Å². The molecule has 0 aliphatic carbocycles. The zero-order valence-electron chi connectivity index (χ0n) is 12.6. The van der Waals surface area contributed by atoms with Gasteiger partial charge in [-0.1, -0.05) is 12.1 Å². The largest absolute Gasteiger partial charge is 0.493 e. The van der Waals surface area contributed by atoms with Crippen LogP contribution in [0, 0.1) is 0 Å². The Hall–Kier alpha value is -1.35. The lowest BCUT2D eigenvalue weighted by Gasteiger charge is -2.22. The van der Waals surface area contributed by atoms with Gasteiger partial charge in [-0.25, -0.2) is 0 Å². The first-order valence-electron chi connectivity index (χ1n) is 8.19. The lowest BCUT2D eigenvalue weighted by molar-refractivity contribution is -0.120. The lowest BCUT2D eigenvalue weighted by atomic mass is 9.99. The molecule has 0 radical (unpaired) electrons. The average molecular weight is 288 g/mol. The molecule has 1 atom stereocenters. The van der Waals surface area contributed by atoms with Crippen LogP contribution < -0.4 is 4.74 Å². The summed E-state index contributed by atoms with van der Waals surface area (Å²) in [6.45, 7) is 1.66. The number of hydrogen-bond donors (Lipinski definition) is 0. The van der Waals surface area contributed by atoms with E-state index in [-0.39, 0.29) is 0 Å². The molecular formula is C18H24O3. The molecule has 1 unspecified atom stereocenters. The molecule has 114 valence electrons. The maximum atomic E-state index is 12.0. The Morgan fingerprint density at radius 3 is 3.00 bits per heavy atom. The number of benzene rings is 1. The molecule has 0 aromatic heterocycles. The van der Waals surface area contributed by atoms with Crippen LogP contribution in [-0.2, 0) is 22.4 Å². The predicted molar refractivity (Wildman–Crippen MR) is 81.8 cm³/mol. The summed E-state index contributed by atoms with van der Waals surface area (Å²) in [6.07, 6.45) is 7.91. The van der Waals surface area contributed by atoms with Crippen molar-refractivity contribution in [2.24, 2.45) is 0 Å². The summed E-state index contributed by atoms with van der Waals surface area (Å²) in [5.41, 5.74) is 2.54. The number of aryl methyl sites for hydroxylation is 1. The molecule has 2 aliphatic heterocycles. The highest BCUT2D eigenvalue weighted by Gasteiger charge is 2.16. The van der Waals surface area contributed by atoms with E-state index in [2.05, 4.69) is 12.1 Å². The lowest BCUT2D eigenvalue weighted by Crippen LogP contribution is -2.20. The summed E-state index contributed by atoms with van der Waals surface area (Å²) in [5.74, 6) is 1.38. The van der Waals surface area contributed by atoms with Crippen LogP contribution >= 0.6 is 0 Å². The van der Waals surface area contributed by atoms with Gasteiger partial charge in [0.15, 0.2) is 0 Å². The fourth-order valence-corrected chi connectivity index (χ4v) is 3.16. The van der Waals surface area contributed by atoms with Crippen LogP contribution in [0.25, 0.3) is 0 Å². The van der Waals surface area contributed by atoms with E-state index in [0.29, 0.717) is 24.7 Å². The highest BCUT2D eigenvalue weighted by atomic mass is 16.5. The van der Waals surface area contributed by atoms with Gasteiger partial charge in [-0.2, -0.15) is 0 Å². The topological polar surface area (TPSA) is 35.5 Å². The average Bonchev–Trinajstić information content (AvgIpc) is 2.99. The van der Waals surface area contributed by atoms with Gasteiger partial charge in [0, 0.05) is 25.9 Å². The first kappa shape index (κ1) is 14.6. The Morgan fingerprint density at radius 2 is 2.14 bits per heavy atom. The zero-order valence-corrected chi connectivity index (χ0v) is 12.6. The minimum atomic E-state index is 0.319. The number of carbonyl (C=O) groups excluding carboxylic acids is 1. The molecule has 1 aromatic carbocycles. The summed E-state index contributed by atoms with van der Waals surface area (Å²) in [5, 5.41) is 0. The van der Waals surface area contributed by atoms with Gasteiger partial charge < -0.3 is 9.47 Å². The predicted octanol–water partition coefficient (Wildman–Crippen LogP) is 3.47. The molecule has 0 amide bonds. The standard InChI is InChI=1S/C18H24O3/c19-16(7-8-17-3-1-2-11-20-17)6-4-14-5-9-18-15(13-14)10-12-21-18/h5,9,13,17H,1-4,6-8,10-12H2. The number of fused-ring (bicyclic) bond motifs is 1. The SMILES string of the molecule is O=C(CCc1ccc2c(c1)CCO2)CCC1CCCCO1. The Balaban J connectivity index is 1.41. The van der Waals surface area contributed by atoms with Crippen molar-refractivity contribution in [1.82, 2.24) is 0 Å². The van der Waals surface area contributed by atoms with Crippen molar-refractivity contribution in [3.8, 4) is 5.75 Å². The van der Waals surface area contributed by atoms with Gasteiger partial charge in [0.25, 0.3) is 0 Å². The summed E-state index contributed by atoms with van der Waals surface area (Å²) in [6, 6.07) is 6.32. The Kier molecular flexibility index (Phi) is 4.91. The Labute approximate surface area is 126 Å². The molecule has 0 saturated carbocycles. The van der Waals surface area contributed by atoms with Gasteiger partial charge in [0.1, 0.15) is 11.5 Å². The molecule has 2 aliphatic rings. The third-order valence-corrected chi connectivity index (χ3v) is 4.47. The molecule has 3 nitrogen and oxygen atoms in total. The second-order valence-electron chi connectivity index (χ2n) is 6.11. The first-order chi connectivity index (χ1) is 10.3. The molecule has 0 bridgehead atoms. The normalized spacial score (nSPS) is 20.9. The van der Waals surface area contributed by atoms with Crippen molar-refractivity contribution in [2.75, 3.05) is 13.2 Å². The number of ketones is 1. The summed E-state index contributed by atoms with van der Waals surface area (Å²) in [7, 11) is 0. The third-order valence-electron chi connectivity index (χ3n) is 4.47. The molecule has 0 spiro atoms. The number of ether oxygens (including phenoxy) is 2. The van der Waals surface area contributed by atoms with Crippen LogP contribution in [0.1, 0.15) is 49.7 Å². The molecular weight excluding hydrogens is 264 g/mol. The zero-order chi connectivity index (χ0) is 14.5. The second-order valence-corrected chi connectivity index (χ2v) is 6.11. The summed E-state index contributed by atoms with van der Waals surface area (Å²) in [4.78, 5) is 12.0. The van der Waals surface area contributed by atoms with Crippen LogP contribution in [0.2, 0.25) is 0 Å². The van der Waals surface area contributed by atoms with E-state index < -0.39 is 0 Å². The molecule has 3 rings (SSSR count). The van der Waals surface area contributed by atoms with E-state index in [0.717, 1.165) is 44.6 Å². The van der Waals surface area contributed by atoms with Crippen molar-refractivity contribution in [3.05, 3.63) is 29.3 Å². The first-order valence-corrected chi connectivity index (χ1v) is 8.19. The van der Waals surface area contributed by atoms with Crippen molar-refractivity contribution in [2.45, 2.75) is 57.5 Å². The van der Waals surface area contributed by atoms with E-state index in [9.17, 15) is 4.79 Å². The van der Waals surface area contributed by atoms with Crippen LogP contribution in [0.3, 0.4) is 0 Å². The van der Waals surface area contributed by atoms with Gasteiger partial charge in [-0.3, -0.25) is 4.79 Å². The highest BCUT2D eigenvalue weighted by Crippen LogP contribution is 2.26. The van der Waals surface area contributed by atoms with Crippen LogP contribution in [0.5, 0.6) is 5.75 Å². The van der Waals surface area contributed by atoms with Gasteiger partial charge in [-0.05, 0) is 49.3 Å². The van der Waals surface area contributed by atoms with Gasteiger partial charge in [-0.15, -0.1) is 0 Å². The van der Waals surface area contributed by atoms with Crippen LogP contribution in [-0.4, -0.2) is 25.1 Å². The van der Waals surface area contributed by atoms with Gasteiger partial charge in [0.05, 0.1) is 12.7 Å². The highest BCUT2D eigenvalue weighted by molar-refractivity contribution is 5.78. The quantitative estimate of drug-likeness (QED) is 0.804. The molecule has 0 N–H and O–H groups in total. The van der Waals surface area contributed by atoms with Crippen molar-refractivity contribution in [3.63, 3.8) is 0 Å².